The largest absolute Gasteiger partial charge is 0.481 e. The van der Waals surface area contributed by atoms with Gasteiger partial charge < -0.3 is 10.4 Å². The summed E-state index contributed by atoms with van der Waals surface area (Å²) < 4.78 is 0. The molecule has 0 saturated heterocycles. The molecular weight excluding hydrogens is 160 g/mol. The number of carbonyl (C=O) groups excluding carboxylic acids is 1. The number of nitrogens with one attached hydrogen (secondary N) is 1. The van der Waals surface area contributed by atoms with Crippen molar-refractivity contribution >= 4 is 11.9 Å². The Kier molecular flexibility index (Phi) is 4.46. The number of nitrogens with zero attached hydrogens (tertiary/aromatic N) is 1. The maximum atomic E-state index is 10.7. The van der Waals surface area contributed by atoms with Gasteiger partial charge in [-0.1, -0.05) is 0 Å². The van der Waals surface area contributed by atoms with Gasteiger partial charge >= 0.3 is 5.97 Å². The first kappa shape index (κ1) is 10.4. The molecule has 0 radical (unpaired) electrons. The van der Waals surface area contributed by atoms with E-state index < -0.39 is 18.3 Å². The van der Waals surface area contributed by atoms with Gasteiger partial charge in [0.25, 0.3) is 0 Å². The molecule has 0 aliphatic rings. The van der Waals surface area contributed by atoms with Gasteiger partial charge in [0.05, 0.1) is 12.5 Å². The summed E-state index contributed by atoms with van der Waals surface area (Å²) in [6, 6.07) is 1.57. The zero-order chi connectivity index (χ0) is 9.56. The second-order valence-corrected chi connectivity index (χ2v) is 2.40. The predicted molar refractivity (Wildman–Crippen MR) is 40.1 cm³/mol. The van der Waals surface area contributed by atoms with Crippen LogP contribution in [0.4, 0.5) is 0 Å². The van der Waals surface area contributed by atoms with E-state index in [9.17, 15) is 9.59 Å². The average molecular weight is 170 g/mol. The van der Waals surface area contributed by atoms with Crippen molar-refractivity contribution in [3.63, 3.8) is 0 Å². The molecule has 1 amide bonds. The molecule has 0 aliphatic carbocycles. The minimum absolute atomic E-state index is 0.186. The number of amides is 1. The molecule has 5 nitrogen and oxygen atoms in total. The first-order valence-electron chi connectivity index (χ1n) is 3.44. The second-order valence-electron chi connectivity index (χ2n) is 2.40. The first-order chi connectivity index (χ1) is 5.56. The van der Waals surface area contributed by atoms with E-state index >= 15 is 0 Å². The molecule has 0 fully saturated rings. The molecule has 1 atom stereocenters. The van der Waals surface area contributed by atoms with Gasteiger partial charge in [-0.2, -0.15) is 5.26 Å². The van der Waals surface area contributed by atoms with E-state index in [-0.39, 0.29) is 12.5 Å². The van der Waals surface area contributed by atoms with E-state index in [1.54, 1.807) is 6.92 Å². The van der Waals surface area contributed by atoms with E-state index in [0.29, 0.717) is 0 Å². The fraction of sp³-hybridized carbons (Fsp3) is 0.571. The fourth-order valence-corrected chi connectivity index (χ4v) is 0.651. The molecule has 1 unspecified atom stereocenters. The number of carbonyl (C=O) groups is 2. The number of aliphatic carboxylic acids is 1. The van der Waals surface area contributed by atoms with Crippen LogP contribution in [0.3, 0.4) is 0 Å². The Hall–Kier alpha value is -1.57. The number of nitriles is 1. The van der Waals surface area contributed by atoms with Crippen LogP contribution in [0.1, 0.15) is 19.8 Å². The topological polar surface area (TPSA) is 90.2 Å². The zero-order valence-electron chi connectivity index (χ0n) is 6.70. The van der Waals surface area contributed by atoms with E-state index in [2.05, 4.69) is 5.32 Å². The quantitative estimate of drug-likeness (QED) is 0.575. The zero-order valence-corrected chi connectivity index (χ0v) is 6.70. The van der Waals surface area contributed by atoms with Crippen molar-refractivity contribution in [2.45, 2.75) is 25.8 Å². The summed E-state index contributed by atoms with van der Waals surface area (Å²) in [6.07, 6.45) is -0.360. The third-order valence-corrected chi connectivity index (χ3v) is 1.12. The van der Waals surface area contributed by atoms with Crippen LogP contribution in [0.2, 0.25) is 0 Å². The number of hydrogen-bond acceptors (Lipinski definition) is 3. The Morgan fingerprint density at radius 1 is 1.67 bits per heavy atom. The van der Waals surface area contributed by atoms with Gasteiger partial charge in [-0.05, 0) is 6.92 Å². The highest BCUT2D eigenvalue weighted by Crippen LogP contribution is 1.89. The second kappa shape index (κ2) is 5.13. The normalized spacial score (nSPS) is 11.3. The Morgan fingerprint density at radius 2 is 2.25 bits per heavy atom. The highest BCUT2D eigenvalue weighted by atomic mass is 16.4. The van der Waals surface area contributed by atoms with Crippen molar-refractivity contribution in [2.24, 2.45) is 0 Å². The fourth-order valence-electron chi connectivity index (χ4n) is 0.651. The molecule has 0 bridgehead atoms. The van der Waals surface area contributed by atoms with Gasteiger partial charge in [0.1, 0.15) is 6.42 Å². The van der Waals surface area contributed by atoms with E-state index in [0.717, 1.165) is 0 Å². The molecule has 66 valence electrons. The molecule has 2 N–H and O–H groups in total. The summed E-state index contributed by atoms with van der Waals surface area (Å²) in [4.78, 5) is 20.8. The summed E-state index contributed by atoms with van der Waals surface area (Å²) in [5.74, 6) is -1.73. The number of carboxylic acid groups (broad SMARTS) is 1. The van der Waals surface area contributed by atoms with Gasteiger partial charge in [-0.15, -0.1) is 0 Å². The van der Waals surface area contributed by atoms with Gasteiger partial charge in [-0.3, -0.25) is 9.59 Å². The molecule has 0 aliphatic heterocycles. The summed E-state index contributed by atoms with van der Waals surface area (Å²) in [7, 11) is 0. The van der Waals surface area contributed by atoms with Crippen molar-refractivity contribution in [3.8, 4) is 6.07 Å². The monoisotopic (exact) mass is 170 g/mol. The summed E-state index contributed by atoms with van der Waals surface area (Å²) in [5, 5.41) is 18.8. The molecule has 0 saturated carbocycles. The molecule has 0 aromatic rings. The van der Waals surface area contributed by atoms with Crippen LogP contribution in [-0.2, 0) is 9.59 Å². The van der Waals surface area contributed by atoms with Crippen molar-refractivity contribution in [2.75, 3.05) is 0 Å². The van der Waals surface area contributed by atoms with E-state index in [1.807, 2.05) is 6.07 Å². The van der Waals surface area contributed by atoms with Crippen LogP contribution in [0.25, 0.3) is 0 Å². The van der Waals surface area contributed by atoms with Gasteiger partial charge in [0.15, 0.2) is 0 Å². The van der Waals surface area contributed by atoms with Gasteiger partial charge in [-0.25, -0.2) is 0 Å². The maximum Gasteiger partial charge on any atom is 0.312 e. The van der Waals surface area contributed by atoms with Crippen molar-refractivity contribution < 1.29 is 14.7 Å². The average Bonchev–Trinajstić information content (AvgIpc) is 1.84. The molecule has 5 heteroatoms. The number of carboxylic acids is 1. The smallest absolute Gasteiger partial charge is 0.312 e. The van der Waals surface area contributed by atoms with Gasteiger partial charge in [0.2, 0.25) is 5.91 Å². The van der Waals surface area contributed by atoms with Gasteiger partial charge in [0, 0.05) is 6.04 Å². The Balaban J connectivity index is 3.70. The minimum atomic E-state index is -1.17. The molecule has 12 heavy (non-hydrogen) atoms. The summed E-state index contributed by atoms with van der Waals surface area (Å²) in [5.41, 5.74) is 0. The molecular formula is C7H10N2O3. The molecule has 0 rings (SSSR count). The van der Waals surface area contributed by atoms with Crippen LogP contribution in [0.15, 0.2) is 0 Å². The lowest BCUT2D eigenvalue weighted by molar-refractivity contribution is -0.140. The molecule has 0 spiro atoms. The lowest BCUT2D eigenvalue weighted by Gasteiger charge is -2.07. The summed E-state index contributed by atoms with van der Waals surface area (Å²) in [6.45, 7) is 1.64. The van der Waals surface area contributed by atoms with Crippen molar-refractivity contribution in [3.05, 3.63) is 0 Å². The number of hydrogen-bond donors (Lipinski definition) is 2. The third-order valence-electron chi connectivity index (χ3n) is 1.12. The van der Waals surface area contributed by atoms with Crippen molar-refractivity contribution in [1.29, 1.82) is 5.26 Å². The Labute approximate surface area is 70.0 Å². The van der Waals surface area contributed by atoms with Crippen LogP contribution < -0.4 is 5.32 Å². The lowest BCUT2D eigenvalue weighted by atomic mass is 10.2. The standard InChI is InChI=1S/C7H10N2O3/c1-5(2-3-8)9-6(10)4-7(11)12/h5H,2,4H2,1H3,(H,9,10)(H,11,12). The molecule has 0 aromatic carbocycles. The van der Waals surface area contributed by atoms with E-state index in [4.69, 9.17) is 10.4 Å². The third kappa shape index (κ3) is 5.23. The van der Waals surface area contributed by atoms with E-state index in [1.165, 1.54) is 0 Å². The van der Waals surface area contributed by atoms with Crippen molar-refractivity contribution in [1.82, 2.24) is 5.32 Å². The highest BCUT2D eigenvalue weighted by molar-refractivity contribution is 5.93. The van der Waals surface area contributed by atoms with Crippen LogP contribution in [0.5, 0.6) is 0 Å². The minimum Gasteiger partial charge on any atom is -0.481 e. The highest BCUT2D eigenvalue weighted by Gasteiger charge is 2.09. The molecule has 0 heterocycles. The Morgan fingerprint density at radius 3 is 2.67 bits per heavy atom. The van der Waals surface area contributed by atoms with Crippen LogP contribution >= 0.6 is 0 Å². The molecule has 0 aromatic heterocycles. The number of rotatable bonds is 4. The maximum absolute atomic E-state index is 10.7. The predicted octanol–water partition coefficient (Wildman–Crippen LogP) is -0.121. The SMILES string of the molecule is CC(CC#N)NC(=O)CC(=O)O. The first-order valence-corrected chi connectivity index (χ1v) is 3.44. The lowest BCUT2D eigenvalue weighted by Crippen LogP contribution is -2.33. The van der Waals surface area contributed by atoms with Crippen LogP contribution in [0, 0.1) is 11.3 Å². The van der Waals surface area contributed by atoms with Crippen LogP contribution in [-0.4, -0.2) is 23.0 Å². The summed E-state index contributed by atoms with van der Waals surface area (Å²) >= 11 is 0. The Bertz CT molecular complexity index is 219.